The highest BCUT2D eigenvalue weighted by atomic mass is 32.2. The number of carbonyl (C=O) groups excluding carboxylic acids is 1. The molecular weight excluding hydrogens is 246 g/mol. The van der Waals surface area contributed by atoms with Gasteiger partial charge in [-0.1, -0.05) is 0 Å². The maximum Gasteiger partial charge on any atom is 0.357 e. The average molecular weight is 259 g/mol. The maximum atomic E-state index is 11.4. The van der Waals surface area contributed by atoms with E-state index in [9.17, 15) is 4.79 Å². The molecule has 2 rings (SSSR count). The molecule has 1 atom stereocenters. The fourth-order valence-corrected chi connectivity index (χ4v) is 3.15. The predicted octanol–water partition coefficient (Wildman–Crippen LogP) is 2.12. The topological polar surface area (TPSA) is 48.4 Å². The van der Waals surface area contributed by atoms with Crippen molar-refractivity contribution < 1.29 is 14.3 Å². The summed E-state index contributed by atoms with van der Waals surface area (Å²) in [4.78, 5) is 15.7. The van der Waals surface area contributed by atoms with Gasteiger partial charge >= 0.3 is 5.97 Å². The minimum absolute atomic E-state index is 0.0342. The van der Waals surface area contributed by atoms with Gasteiger partial charge in [-0.15, -0.1) is 11.3 Å². The van der Waals surface area contributed by atoms with Crippen LogP contribution in [-0.2, 0) is 9.47 Å². The van der Waals surface area contributed by atoms with Crippen LogP contribution in [0.3, 0.4) is 0 Å². The van der Waals surface area contributed by atoms with Crippen molar-refractivity contribution in [3.8, 4) is 0 Å². The number of thioether (sulfide) groups is 1. The standard InChI is InChI=1S/C10H13NO3S2/c1-2-13-10(12)7-5-16-9(11-7)8-6-15-4-3-14-8/h5,8H,2-4,6H2,1H3. The van der Waals surface area contributed by atoms with E-state index in [4.69, 9.17) is 9.47 Å². The second-order valence-electron chi connectivity index (χ2n) is 3.23. The number of rotatable bonds is 3. The summed E-state index contributed by atoms with van der Waals surface area (Å²) in [6.45, 7) is 2.91. The van der Waals surface area contributed by atoms with Crippen LogP contribution >= 0.6 is 23.1 Å². The monoisotopic (exact) mass is 259 g/mol. The second-order valence-corrected chi connectivity index (χ2v) is 5.27. The van der Waals surface area contributed by atoms with Crippen LogP contribution in [0, 0.1) is 0 Å². The normalized spacial score (nSPS) is 20.7. The van der Waals surface area contributed by atoms with Gasteiger partial charge in [-0.3, -0.25) is 0 Å². The summed E-state index contributed by atoms with van der Waals surface area (Å²) in [5.41, 5.74) is 0.390. The quantitative estimate of drug-likeness (QED) is 0.778. The minimum Gasteiger partial charge on any atom is -0.461 e. The van der Waals surface area contributed by atoms with Crippen molar-refractivity contribution in [3.05, 3.63) is 16.1 Å². The number of esters is 1. The van der Waals surface area contributed by atoms with E-state index in [0.717, 1.165) is 23.1 Å². The molecule has 0 N–H and O–H groups in total. The molecule has 1 fully saturated rings. The Morgan fingerprint density at radius 3 is 3.31 bits per heavy atom. The SMILES string of the molecule is CCOC(=O)c1csc(C2CSCCO2)n1. The first kappa shape index (κ1) is 11.9. The number of carbonyl (C=O) groups is 1. The predicted molar refractivity (Wildman–Crippen MR) is 64.1 cm³/mol. The van der Waals surface area contributed by atoms with Gasteiger partial charge in [0.25, 0.3) is 0 Å². The molecule has 0 saturated carbocycles. The van der Waals surface area contributed by atoms with E-state index in [1.807, 2.05) is 11.8 Å². The van der Waals surface area contributed by atoms with Crippen LogP contribution in [-0.4, -0.2) is 35.7 Å². The lowest BCUT2D eigenvalue weighted by Crippen LogP contribution is -2.15. The zero-order valence-electron chi connectivity index (χ0n) is 8.97. The van der Waals surface area contributed by atoms with Crippen molar-refractivity contribution in [2.24, 2.45) is 0 Å². The molecular formula is C10H13NO3S2. The molecule has 0 radical (unpaired) electrons. The largest absolute Gasteiger partial charge is 0.461 e. The Kier molecular flexibility index (Phi) is 4.20. The first-order valence-electron chi connectivity index (χ1n) is 5.13. The summed E-state index contributed by atoms with van der Waals surface area (Å²) in [7, 11) is 0. The van der Waals surface area contributed by atoms with Gasteiger partial charge in [-0.05, 0) is 6.92 Å². The second kappa shape index (κ2) is 5.65. The Labute approximate surface area is 102 Å². The average Bonchev–Trinajstić information content (AvgIpc) is 2.80. The van der Waals surface area contributed by atoms with Crippen LogP contribution in [0.25, 0.3) is 0 Å². The fraction of sp³-hybridized carbons (Fsp3) is 0.600. The lowest BCUT2D eigenvalue weighted by molar-refractivity contribution is 0.0517. The Morgan fingerprint density at radius 2 is 2.62 bits per heavy atom. The summed E-state index contributed by atoms with van der Waals surface area (Å²) in [6.07, 6.45) is 0.0342. The van der Waals surface area contributed by atoms with Crippen LogP contribution in [0.5, 0.6) is 0 Å². The molecule has 88 valence electrons. The molecule has 0 aromatic carbocycles. The van der Waals surface area contributed by atoms with Gasteiger partial charge < -0.3 is 9.47 Å². The molecule has 1 aromatic rings. The minimum atomic E-state index is -0.353. The molecule has 0 bridgehead atoms. The molecule has 4 nitrogen and oxygen atoms in total. The van der Waals surface area contributed by atoms with E-state index >= 15 is 0 Å². The number of hydrogen-bond donors (Lipinski definition) is 0. The zero-order valence-corrected chi connectivity index (χ0v) is 10.6. The van der Waals surface area contributed by atoms with E-state index in [-0.39, 0.29) is 12.1 Å². The van der Waals surface area contributed by atoms with Crippen molar-refractivity contribution in [3.63, 3.8) is 0 Å². The van der Waals surface area contributed by atoms with Gasteiger partial charge in [0.2, 0.25) is 0 Å². The van der Waals surface area contributed by atoms with Gasteiger partial charge in [0.15, 0.2) is 5.69 Å². The first-order chi connectivity index (χ1) is 7.81. The van der Waals surface area contributed by atoms with E-state index in [2.05, 4.69) is 4.98 Å². The maximum absolute atomic E-state index is 11.4. The molecule has 1 aromatic heterocycles. The number of thiazole rings is 1. The van der Waals surface area contributed by atoms with Gasteiger partial charge in [0.1, 0.15) is 11.1 Å². The van der Waals surface area contributed by atoms with Crippen LogP contribution < -0.4 is 0 Å². The molecule has 0 aliphatic carbocycles. The van der Waals surface area contributed by atoms with Crippen molar-refractivity contribution >= 4 is 29.1 Å². The highest BCUT2D eigenvalue weighted by molar-refractivity contribution is 7.99. The number of aromatic nitrogens is 1. The number of ether oxygens (including phenoxy) is 2. The van der Waals surface area contributed by atoms with Gasteiger partial charge in [0.05, 0.1) is 13.2 Å². The first-order valence-corrected chi connectivity index (χ1v) is 7.16. The molecule has 1 saturated heterocycles. The summed E-state index contributed by atoms with van der Waals surface area (Å²) in [5.74, 6) is 1.59. The molecule has 2 heterocycles. The van der Waals surface area contributed by atoms with E-state index < -0.39 is 0 Å². The van der Waals surface area contributed by atoms with Crippen molar-refractivity contribution in [1.82, 2.24) is 4.98 Å². The number of hydrogen-bond acceptors (Lipinski definition) is 6. The van der Waals surface area contributed by atoms with Crippen LogP contribution in [0.15, 0.2) is 5.38 Å². The molecule has 1 unspecified atom stereocenters. The Balaban J connectivity index is 2.03. The summed E-state index contributed by atoms with van der Waals surface area (Å²) < 4.78 is 10.5. The van der Waals surface area contributed by atoms with Crippen LogP contribution in [0.4, 0.5) is 0 Å². The lowest BCUT2D eigenvalue weighted by atomic mass is 10.4. The van der Waals surface area contributed by atoms with E-state index in [1.54, 1.807) is 12.3 Å². The summed E-state index contributed by atoms with van der Waals surface area (Å²) in [6, 6.07) is 0. The van der Waals surface area contributed by atoms with Crippen molar-refractivity contribution in [1.29, 1.82) is 0 Å². The van der Waals surface area contributed by atoms with Crippen LogP contribution in [0.2, 0.25) is 0 Å². The highest BCUT2D eigenvalue weighted by Crippen LogP contribution is 2.28. The third kappa shape index (κ3) is 2.75. The smallest absolute Gasteiger partial charge is 0.357 e. The van der Waals surface area contributed by atoms with E-state index in [0.29, 0.717) is 12.3 Å². The third-order valence-corrected chi connectivity index (χ3v) is 4.03. The van der Waals surface area contributed by atoms with Crippen molar-refractivity contribution in [2.45, 2.75) is 13.0 Å². The molecule has 1 aliphatic heterocycles. The highest BCUT2D eigenvalue weighted by Gasteiger charge is 2.21. The summed E-state index contributed by atoms with van der Waals surface area (Å²) >= 11 is 3.31. The Morgan fingerprint density at radius 1 is 1.75 bits per heavy atom. The van der Waals surface area contributed by atoms with Gasteiger partial charge in [-0.25, -0.2) is 9.78 Å². The Hall–Kier alpha value is -0.590. The fourth-order valence-electron chi connectivity index (χ4n) is 1.36. The Bertz CT molecular complexity index is 361. The molecule has 0 amide bonds. The van der Waals surface area contributed by atoms with Gasteiger partial charge in [0, 0.05) is 16.9 Å². The van der Waals surface area contributed by atoms with Gasteiger partial charge in [-0.2, -0.15) is 11.8 Å². The molecule has 6 heteroatoms. The third-order valence-electron chi connectivity index (χ3n) is 2.10. The summed E-state index contributed by atoms with van der Waals surface area (Å²) in [5, 5.41) is 2.60. The molecule has 1 aliphatic rings. The molecule has 0 spiro atoms. The number of nitrogens with zero attached hydrogens (tertiary/aromatic N) is 1. The van der Waals surface area contributed by atoms with Crippen molar-refractivity contribution in [2.75, 3.05) is 24.7 Å². The van der Waals surface area contributed by atoms with E-state index in [1.165, 1.54) is 11.3 Å². The lowest BCUT2D eigenvalue weighted by Gasteiger charge is -2.19. The van der Waals surface area contributed by atoms with Crippen LogP contribution in [0.1, 0.15) is 28.5 Å². The molecule has 16 heavy (non-hydrogen) atoms. The zero-order chi connectivity index (χ0) is 11.4.